The Morgan fingerprint density at radius 1 is 1.11 bits per heavy atom. The Morgan fingerprint density at radius 2 is 1.86 bits per heavy atom. The SMILES string of the molecule is CCOc1ccc(N2C[C@@H](C(=O)NNc3cccc(OC)c3OCc3c(F)cccc3Cl)CC2=O)cc1. The quantitative estimate of drug-likeness (QED) is 0.362. The van der Waals surface area contributed by atoms with Crippen LogP contribution >= 0.6 is 11.6 Å². The molecule has 0 bridgehead atoms. The average molecular weight is 528 g/mol. The minimum Gasteiger partial charge on any atom is -0.494 e. The Bertz CT molecular complexity index is 1250. The molecule has 0 saturated carbocycles. The molecule has 4 rings (SSSR count). The van der Waals surface area contributed by atoms with E-state index in [0.717, 1.165) is 0 Å². The third-order valence-corrected chi connectivity index (χ3v) is 6.25. The number of hydrazine groups is 1. The molecule has 10 heteroatoms. The summed E-state index contributed by atoms with van der Waals surface area (Å²) in [6, 6.07) is 16.6. The highest BCUT2D eigenvalue weighted by Gasteiger charge is 2.35. The standard InChI is InChI=1S/C27H27ClFN3O5/c1-3-36-19-12-10-18(11-13-19)32-15-17(14-25(32)33)27(34)31-30-23-8-5-9-24(35-2)26(23)37-16-20-21(28)6-4-7-22(20)29/h4-13,17,30H,3,14-16H2,1-2H3,(H,31,34)/t17-/m0/s1. The van der Waals surface area contributed by atoms with Gasteiger partial charge in [0.15, 0.2) is 11.5 Å². The lowest BCUT2D eigenvalue weighted by atomic mass is 10.1. The molecule has 1 heterocycles. The van der Waals surface area contributed by atoms with E-state index in [1.54, 1.807) is 53.4 Å². The number of para-hydroxylation sites is 1. The van der Waals surface area contributed by atoms with Gasteiger partial charge in [-0.1, -0.05) is 23.7 Å². The molecule has 37 heavy (non-hydrogen) atoms. The first kappa shape index (κ1) is 26.1. The predicted octanol–water partition coefficient (Wildman–Crippen LogP) is 4.96. The Labute approximate surface area is 219 Å². The van der Waals surface area contributed by atoms with Gasteiger partial charge in [-0.25, -0.2) is 4.39 Å². The summed E-state index contributed by atoms with van der Waals surface area (Å²) in [5.41, 5.74) is 6.79. The number of ether oxygens (including phenoxy) is 3. The van der Waals surface area contributed by atoms with E-state index in [-0.39, 0.29) is 47.7 Å². The summed E-state index contributed by atoms with van der Waals surface area (Å²) < 4.78 is 30.9. The third kappa shape index (κ3) is 6.06. The number of methoxy groups -OCH3 is 1. The van der Waals surface area contributed by atoms with Gasteiger partial charge >= 0.3 is 0 Å². The van der Waals surface area contributed by atoms with E-state index < -0.39 is 11.7 Å². The molecular weight excluding hydrogens is 501 g/mol. The van der Waals surface area contributed by atoms with E-state index in [2.05, 4.69) is 10.9 Å². The molecule has 1 aliphatic heterocycles. The summed E-state index contributed by atoms with van der Waals surface area (Å²) in [6.07, 6.45) is 0.0774. The van der Waals surface area contributed by atoms with Crippen LogP contribution in [0.15, 0.2) is 60.7 Å². The lowest BCUT2D eigenvalue weighted by Crippen LogP contribution is -2.36. The number of amides is 2. The minimum atomic E-state index is -0.557. The Balaban J connectivity index is 1.41. The van der Waals surface area contributed by atoms with Crippen molar-refractivity contribution in [3.63, 3.8) is 0 Å². The van der Waals surface area contributed by atoms with Gasteiger partial charge in [-0.15, -0.1) is 0 Å². The fourth-order valence-corrected chi connectivity index (χ4v) is 4.21. The maximum atomic E-state index is 14.2. The number of rotatable bonds is 10. The fraction of sp³-hybridized carbons (Fsp3) is 0.259. The first-order chi connectivity index (χ1) is 17.9. The Morgan fingerprint density at radius 3 is 2.57 bits per heavy atom. The first-order valence-corrected chi connectivity index (χ1v) is 12.1. The molecule has 2 N–H and O–H groups in total. The lowest BCUT2D eigenvalue weighted by Gasteiger charge is -2.19. The van der Waals surface area contributed by atoms with Crippen molar-refractivity contribution >= 4 is 34.8 Å². The molecule has 0 radical (unpaired) electrons. The molecular formula is C27H27ClFN3O5. The number of carbonyl (C=O) groups is 2. The zero-order valence-electron chi connectivity index (χ0n) is 20.4. The number of carbonyl (C=O) groups excluding carboxylic acids is 2. The van der Waals surface area contributed by atoms with Crippen molar-refractivity contribution in [3.8, 4) is 17.2 Å². The molecule has 2 amide bonds. The van der Waals surface area contributed by atoms with E-state index in [1.807, 2.05) is 6.92 Å². The van der Waals surface area contributed by atoms with Gasteiger partial charge < -0.3 is 19.1 Å². The van der Waals surface area contributed by atoms with Crippen molar-refractivity contribution in [2.75, 3.05) is 30.6 Å². The van der Waals surface area contributed by atoms with Crippen molar-refractivity contribution in [2.45, 2.75) is 20.0 Å². The van der Waals surface area contributed by atoms with Gasteiger partial charge in [-0.3, -0.25) is 20.4 Å². The van der Waals surface area contributed by atoms with Gasteiger partial charge in [0.25, 0.3) is 0 Å². The number of halogens is 2. The van der Waals surface area contributed by atoms with Crippen LogP contribution in [0.3, 0.4) is 0 Å². The first-order valence-electron chi connectivity index (χ1n) is 11.7. The highest BCUT2D eigenvalue weighted by Crippen LogP contribution is 2.36. The molecule has 3 aromatic carbocycles. The van der Waals surface area contributed by atoms with E-state index in [0.29, 0.717) is 29.5 Å². The molecule has 3 aromatic rings. The maximum absolute atomic E-state index is 14.2. The Hall–Kier alpha value is -3.98. The minimum absolute atomic E-state index is 0.0774. The van der Waals surface area contributed by atoms with Crippen LogP contribution in [0.4, 0.5) is 15.8 Å². The van der Waals surface area contributed by atoms with Crippen LogP contribution in [-0.2, 0) is 16.2 Å². The van der Waals surface area contributed by atoms with Crippen LogP contribution in [0.1, 0.15) is 18.9 Å². The number of benzene rings is 3. The van der Waals surface area contributed by atoms with Gasteiger partial charge in [-0.05, 0) is 55.5 Å². The van der Waals surface area contributed by atoms with E-state index >= 15 is 0 Å². The van der Waals surface area contributed by atoms with Crippen LogP contribution in [0.2, 0.25) is 5.02 Å². The second-order valence-corrected chi connectivity index (χ2v) is 8.68. The lowest BCUT2D eigenvalue weighted by molar-refractivity contribution is -0.125. The van der Waals surface area contributed by atoms with E-state index in [1.165, 1.54) is 19.2 Å². The van der Waals surface area contributed by atoms with Crippen molar-refractivity contribution < 1.29 is 28.2 Å². The second-order valence-electron chi connectivity index (χ2n) is 8.27. The third-order valence-electron chi connectivity index (χ3n) is 5.90. The molecule has 1 atom stereocenters. The van der Waals surface area contributed by atoms with Crippen molar-refractivity contribution in [1.82, 2.24) is 5.43 Å². The van der Waals surface area contributed by atoms with Gasteiger partial charge in [0, 0.05) is 24.2 Å². The van der Waals surface area contributed by atoms with Crippen LogP contribution in [0.25, 0.3) is 0 Å². The number of nitrogens with zero attached hydrogens (tertiary/aromatic N) is 1. The van der Waals surface area contributed by atoms with Gasteiger partial charge in [0.2, 0.25) is 11.8 Å². The molecule has 0 unspecified atom stereocenters. The predicted molar refractivity (Wildman–Crippen MR) is 139 cm³/mol. The number of hydrogen-bond acceptors (Lipinski definition) is 6. The zero-order valence-corrected chi connectivity index (χ0v) is 21.2. The van der Waals surface area contributed by atoms with E-state index in [9.17, 15) is 14.0 Å². The zero-order chi connectivity index (χ0) is 26.4. The van der Waals surface area contributed by atoms with Crippen LogP contribution < -0.4 is 30.0 Å². The van der Waals surface area contributed by atoms with Crippen molar-refractivity contribution in [1.29, 1.82) is 0 Å². The van der Waals surface area contributed by atoms with Crippen LogP contribution in [0, 0.1) is 11.7 Å². The molecule has 1 saturated heterocycles. The number of nitrogens with one attached hydrogen (secondary N) is 2. The monoisotopic (exact) mass is 527 g/mol. The second kappa shape index (κ2) is 11.8. The molecule has 8 nitrogen and oxygen atoms in total. The number of anilines is 2. The summed E-state index contributed by atoms with van der Waals surface area (Å²) in [7, 11) is 1.47. The summed E-state index contributed by atoms with van der Waals surface area (Å²) in [6.45, 7) is 2.54. The summed E-state index contributed by atoms with van der Waals surface area (Å²) in [4.78, 5) is 27.1. The molecule has 1 fully saturated rings. The molecule has 0 spiro atoms. The topological polar surface area (TPSA) is 89.1 Å². The summed E-state index contributed by atoms with van der Waals surface area (Å²) >= 11 is 6.11. The highest BCUT2D eigenvalue weighted by atomic mass is 35.5. The van der Waals surface area contributed by atoms with Gasteiger partial charge in [0.1, 0.15) is 18.2 Å². The maximum Gasteiger partial charge on any atom is 0.243 e. The van der Waals surface area contributed by atoms with Gasteiger partial charge in [0.05, 0.1) is 30.3 Å². The van der Waals surface area contributed by atoms with Gasteiger partial charge in [-0.2, -0.15) is 0 Å². The molecule has 0 aliphatic carbocycles. The van der Waals surface area contributed by atoms with Crippen LogP contribution in [0.5, 0.6) is 17.2 Å². The molecule has 1 aliphatic rings. The molecule has 0 aromatic heterocycles. The average Bonchev–Trinajstić information content (AvgIpc) is 3.29. The highest BCUT2D eigenvalue weighted by molar-refractivity contribution is 6.31. The van der Waals surface area contributed by atoms with E-state index in [4.69, 9.17) is 25.8 Å². The number of hydrogen-bond donors (Lipinski definition) is 2. The van der Waals surface area contributed by atoms with Crippen molar-refractivity contribution in [3.05, 3.63) is 77.1 Å². The molecule has 194 valence electrons. The smallest absolute Gasteiger partial charge is 0.243 e. The summed E-state index contributed by atoms with van der Waals surface area (Å²) in [5, 5.41) is 0.237. The van der Waals surface area contributed by atoms with Crippen LogP contribution in [-0.4, -0.2) is 32.1 Å². The normalized spacial score (nSPS) is 14.9. The van der Waals surface area contributed by atoms with Crippen molar-refractivity contribution in [2.24, 2.45) is 5.92 Å². The largest absolute Gasteiger partial charge is 0.494 e. The summed E-state index contributed by atoms with van der Waals surface area (Å²) in [5.74, 6) is -0.186. The fourth-order valence-electron chi connectivity index (χ4n) is 3.99. The Kier molecular flexibility index (Phi) is 8.35.